The zero-order valence-corrected chi connectivity index (χ0v) is 14.7. The highest BCUT2D eigenvalue weighted by molar-refractivity contribution is 8.03. The lowest BCUT2D eigenvalue weighted by Gasteiger charge is -2.12. The number of nitrogens with one attached hydrogen (secondary N) is 2. The maximum absolute atomic E-state index is 12.6. The molecule has 4 rings (SSSR count). The Hall–Kier alpha value is -3.05. The Morgan fingerprint density at radius 2 is 1.69 bits per heavy atom. The summed E-state index contributed by atoms with van der Waals surface area (Å²) in [5.41, 5.74) is 3.68. The number of benzene rings is 2. The molecule has 1 unspecified atom stereocenters. The van der Waals surface area contributed by atoms with Crippen molar-refractivity contribution in [3.05, 3.63) is 107 Å². The molecule has 0 spiro atoms. The Labute approximate surface area is 156 Å². The Kier molecular flexibility index (Phi) is 4.71. The van der Waals surface area contributed by atoms with Gasteiger partial charge in [-0.2, -0.15) is 0 Å². The Morgan fingerprint density at radius 3 is 2.38 bits per heavy atom. The van der Waals surface area contributed by atoms with Crippen LogP contribution in [0.1, 0.15) is 26.9 Å². The van der Waals surface area contributed by atoms with Crippen molar-refractivity contribution in [2.45, 2.75) is 5.37 Å². The molecule has 2 aromatic carbocycles. The van der Waals surface area contributed by atoms with Crippen molar-refractivity contribution in [1.29, 1.82) is 0 Å². The van der Waals surface area contributed by atoms with Crippen LogP contribution in [0.25, 0.3) is 5.70 Å². The van der Waals surface area contributed by atoms with E-state index in [1.807, 2.05) is 48.5 Å². The molecule has 3 aromatic rings. The highest BCUT2D eigenvalue weighted by atomic mass is 32.2. The third-order valence-corrected chi connectivity index (χ3v) is 5.22. The molecule has 1 amide bonds. The van der Waals surface area contributed by atoms with Gasteiger partial charge in [-0.15, -0.1) is 0 Å². The minimum atomic E-state index is -0.162. The van der Waals surface area contributed by atoms with Gasteiger partial charge in [0.2, 0.25) is 0 Å². The summed E-state index contributed by atoms with van der Waals surface area (Å²) in [5, 5.41) is 7.46. The summed E-state index contributed by atoms with van der Waals surface area (Å²) in [6.07, 6.45) is 3.22. The van der Waals surface area contributed by atoms with Crippen LogP contribution in [0, 0.1) is 0 Å². The van der Waals surface area contributed by atoms with Crippen LogP contribution >= 0.6 is 11.8 Å². The average molecular weight is 359 g/mol. The molecule has 0 radical (unpaired) electrons. The van der Waals surface area contributed by atoms with Gasteiger partial charge in [0, 0.05) is 18.0 Å². The van der Waals surface area contributed by atoms with Crippen LogP contribution in [0.5, 0.6) is 0 Å². The van der Waals surface area contributed by atoms with Crippen molar-refractivity contribution in [3.63, 3.8) is 0 Å². The van der Waals surface area contributed by atoms with Crippen molar-refractivity contribution in [2.24, 2.45) is 0 Å². The monoisotopic (exact) mass is 359 g/mol. The number of thioether (sulfide) groups is 1. The van der Waals surface area contributed by atoms with Crippen LogP contribution < -0.4 is 10.6 Å². The Balaban J connectivity index is 1.64. The molecule has 128 valence electrons. The second kappa shape index (κ2) is 7.45. The quantitative estimate of drug-likeness (QED) is 0.734. The fourth-order valence-corrected chi connectivity index (χ4v) is 3.92. The molecule has 1 aliphatic rings. The molecule has 0 bridgehead atoms. The lowest BCUT2D eigenvalue weighted by Crippen LogP contribution is -2.22. The molecule has 26 heavy (non-hydrogen) atoms. The van der Waals surface area contributed by atoms with Crippen molar-refractivity contribution < 1.29 is 4.79 Å². The van der Waals surface area contributed by atoms with E-state index in [4.69, 9.17) is 0 Å². The van der Waals surface area contributed by atoms with Crippen LogP contribution in [0.3, 0.4) is 0 Å². The topological polar surface area (TPSA) is 54.0 Å². The largest absolute Gasteiger partial charge is 0.367 e. The average Bonchev–Trinajstić information content (AvgIpc) is 3.14. The van der Waals surface area contributed by atoms with Gasteiger partial charge in [-0.1, -0.05) is 72.4 Å². The van der Waals surface area contributed by atoms with Crippen molar-refractivity contribution in [3.8, 4) is 0 Å². The third kappa shape index (κ3) is 3.48. The van der Waals surface area contributed by atoms with Gasteiger partial charge >= 0.3 is 0 Å². The van der Waals surface area contributed by atoms with Crippen LogP contribution in [-0.2, 0) is 0 Å². The molecule has 0 saturated carbocycles. The van der Waals surface area contributed by atoms with Crippen LogP contribution in [0.4, 0.5) is 0 Å². The van der Waals surface area contributed by atoms with E-state index in [2.05, 4.69) is 27.8 Å². The van der Waals surface area contributed by atoms with Gasteiger partial charge in [0.25, 0.3) is 5.91 Å². The number of rotatable bonds is 4. The first-order valence-corrected chi connectivity index (χ1v) is 9.18. The molecule has 1 aliphatic heterocycles. The van der Waals surface area contributed by atoms with Crippen molar-refractivity contribution in [1.82, 2.24) is 15.6 Å². The highest BCUT2D eigenvalue weighted by Crippen LogP contribution is 2.42. The third-order valence-electron chi connectivity index (χ3n) is 4.05. The Bertz CT molecular complexity index is 927. The number of amides is 1. The molecule has 5 heteroatoms. The molecule has 0 fully saturated rings. The number of nitrogens with zero attached hydrogens (tertiary/aromatic N) is 1. The van der Waals surface area contributed by atoms with E-state index in [-0.39, 0.29) is 11.3 Å². The number of carbonyl (C=O) groups excluding carboxylic acids is 1. The SMILES string of the molecule is O=C(NC1=C(c2ccccc2)NC(c2ccccc2)S1)c1cccnc1. The molecule has 0 aliphatic carbocycles. The van der Waals surface area contributed by atoms with Gasteiger partial charge in [0.1, 0.15) is 10.4 Å². The molecular weight excluding hydrogens is 342 g/mol. The highest BCUT2D eigenvalue weighted by Gasteiger charge is 2.27. The first kappa shape index (κ1) is 16.4. The number of carbonyl (C=O) groups is 1. The second-order valence-electron chi connectivity index (χ2n) is 5.82. The zero-order valence-electron chi connectivity index (χ0n) is 13.9. The van der Waals surface area contributed by atoms with Gasteiger partial charge in [-0.05, 0) is 17.7 Å². The van der Waals surface area contributed by atoms with Gasteiger partial charge in [-0.3, -0.25) is 9.78 Å². The van der Waals surface area contributed by atoms with E-state index in [0.29, 0.717) is 5.56 Å². The molecule has 1 atom stereocenters. The van der Waals surface area contributed by atoms with E-state index >= 15 is 0 Å². The number of hydrogen-bond acceptors (Lipinski definition) is 4. The summed E-state index contributed by atoms with van der Waals surface area (Å²) in [5.74, 6) is -0.162. The number of aromatic nitrogens is 1. The van der Waals surface area contributed by atoms with Crippen molar-refractivity contribution >= 4 is 23.4 Å². The molecule has 2 N–H and O–H groups in total. The molecule has 1 aromatic heterocycles. The maximum atomic E-state index is 12.6. The van der Waals surface area contributed by atoms with Gasteiger partial charge in [0.05, 0.1) is 11.3 Å². The first-order valence-electron chi connectivity index (χ1n) is 8.30. The van der Waals surface area contributed by atoms with Gasteiger partial charge < -0.3 is 10.6 Å². The summed E-state index contributed by atoms with van der Waals surface area (Å²) < 4.78 is 0. The molecule has 2 heterocycles. The van der Waals surface area contributed by atoms with Gasteiger partial charge in [-0.25, -0.2) is 0 Å². The minimum Gasteiger partial charge on any atom is -0.367 e. The number of hydrogen-bond donors (Lipinski definition) is 2. The summed E-state index contributed by atoms with van der Waals surface area (Å²) in [4.78, 5) is 16.6. The van der Waals surface area contributed by atoms with Crippen LogP contribution in [0.15, 0.2) is 90.2 Å². The van der Waals surface area contributed by atoms with Crippen LogP contribution in [-0.4, -0.2) is 10.9 Å². The maximum Gasteiger partial charge on any atom is 0.257 e. The zero-order chi connectivity index (χ0) is 17.8. The van der Waals surface area contributed by atoms with E-state index in [9.17, 15) is 4.79 Å². The summed E-state index contributed by atoms with van der Waals surface area (Å²) in [6, 6.07) is 23.8. The summed E-state index contributed by atoms with van der Waals surface area (Å²) in [6.45, 7) is 0. The predicted molar refractivity (Wildman–Crippen MR) is 105 cm³/mol. The normalized spacial score (nSPS) is 16.2. The summed E-state index contributed by atoms with van der Waals surface area (Å²) in [7, 11) is 0. The van der Waals surface area contributed by atoms with E-state index < -0.39 is 0 Å². The number of pyridine rings is 1. The summed E-state index contributed by atoms with van der Waals surface area (Å²) >= 11 is 1.61. The van der Waals surface area contributed by atoms with Gasteiger partial charge in [0.15, 0.2) is 0 Å². The molecular formula is C21H17N3OS. The first-order chi connectivity index (χ1) is 12.8. The molecule has 4 nitrogen and oxygen atoms in total. The lowest BCUT2D eigenvalue weighted by molar-refractivity contribution is 0.0968. The minimum absolute atomic E-state index is 0.0515. The van der Waals surface area contributed by atoms with Crippen molar-refractivity contribution in [2.75, 3.05) is 0 Å². The van der Waals surface area contributed by atoms with E-state index in [1.54, 1.807) is 36.3 Å². The lowest BCUT2D eigenvalue weighted by atomic mass is 10.1. The van der Waals surface area contributed by atoms with E-state index in [0.717, 1.165) is 21.9 Å². The Morgan fingerprint density at radius 1 is 0.962 bits per heavy atom. The fourth-order valence-electron chi connectivity index (χ4n) is 2.77. The van der Waals surface area contributed by atoms with E-state index in [1.165, 1.54) is 0 Å². The smallest absolute Gasteiger partial charge is 0.257 e. The van der Waals surface area contributed by atoms with Crippen LogP contribution in [0.2, 0.25) is 0 Å². The predicted octanol–water partition coefficient (Wildman–Crippen LogP) is 4.17. The standard InChI is InChI=1S/C21H17N3OS/c25-19(17-12-7-13-22-14-17)24-21-18(15-8-3-1-4-9-15)23-20(26-21)16-10-5-2-6-11-16/h1-14,20,23H,(H,24,25). The second-order valence-corrected chi connectivity index (χ2v) is 6.93. The fraction of sp³-hybridized carbons (Fsp3) is 0.0476. The molecule has 0 saturated heterocycles.